The first kappa shape index (κ1) is 313. The Bertz CT molecular complexity index is 100. The van der Waals surface area contributed by atoms with E-state index >= 15 is 0 Å². The molecule has 0 bridgehead atoms. The zero-order chi connectivity index (χ0) is 10.0. The monoisotopic (exact) mass is 357 g/mol. The van der Waals surface area contributed by atoms with Crippen LogP contribution in [0.4, 0.5) is 0 Å². The molecule has 12 nitrogen and oxygen atoms in total. The van der Waals surface area contributed by atoms with Gasteiger partial charge in [0.05, 0.1) is 0 Å². The fraction of sp³-hybridized carbons (Fsp3) is 0. The molecule has 0 aliphatic rings. The molecule has 0 aromatic rings. The van der Waals surface area contributed by atoms with Gasteiger partial charge < -0.3 is 98.9 Å². The molecule has 0 radical (unpaired) electrons. The van der Waals surface area contributed by atoms with Gasteiger partial charge in [0.2, 0.25) is 0 Å². The van der Waals surface area contributed by atoms with Crippen molar-refractivity contribution in [2.45, 2.75) is 0 Å². The third kappa shape index (κ3) is 51100. The second-order valence-electron chi connectivity index (χ2n) is 0. The van der Waals surface area contributed by atoms with E-state index in [1.54, 1.807) is 0 Å². The van der Waals surface area contributed by atoms with Crippen LogP contribution in [0.25, 0.3) is 0 Å². The Labute approximate surface area is 173 Å². The molecule has 0 atom stereocenters. The summed E-state index contributed by atoms with van der Waals surface area (Å²) in [5, 5.41) is 31.2. The van der Waals surface area contributed by atoms with E-state index in [0.717, 1.165) is 0 Å². The van der Waals surface area contributed by atoms with Gasteiger partial charge in [0.15, 0.2) is 0 Å². The molecule has 0 heterocycles. The van der Waals surface area contributed by atoms with Gasteiger partial charge in [-0.05, 0) is 0 Å². The van der Waals surface area contributed by atoms with Gasteiger partial charge in [-0.15, -0.1) is 0 Å². The van der Waals surface area contributed by atoms with Crippen LogP contribution in [0.2, 0.25) is 0 Å². The molecule has 17 N–H and O–H groups in total. The summed E-state index contributed by atoms with van der Waals surface area (Å²) >= 11 is 0. The van der Waals surface area contributed by atoms with E-state index in [2.05, 4.69) is 0 Å². The third-order valence-corrected chi connectivity index (χ3v) is 0. The van der Waals surface area contributed by atoms with Crippen LogP contribution in [0.3, 0.4) is 0 Å². The Morgan fingerprint density at radius 3 is 0.400 bits per heavy atom. The Hall–Kier alpha value is -0.311. The van der Waals surface area contributed by atoms with Gasteiger partial charge in [-0.3, -0.25) is 0 Å². The SMILES string of the molecule is N.O.O.O.O.O.[C-]#N.[C-]#N.[C-]#N.[C-]#N.[C-]#N.[Fe+2].[NH4+].[Na+].[Na+]. The van der Waals surface area contributed by atoms with E-state index in [1.165, 1.54) is 0 Å². The molecular weight excluding hydrogens is 340 g/mol. The predicted molar refractivity (Wildman–Crippen MR) is 53.9 cm³/mol. The molecular formula is C5H17FeN7Na2O5. The van der Waals surface area contributed by atoms with Crippen molar-refractivity contribution >= 4 is 0 Å². The maximum absolute atomic E-state index is 6.25. The molecule has 0 aliphatic heterocycles. The molecule has 0 spiro atoms. The fourth-order valence-corrected chi connectivity index (χ4v) is 0. The molecule has 15 heteroatoms. The standard InChI is InChI=1S/5CN.Fe.2H3N.2Na.5H2O/c5*1-2;;;;;;;;;;/h;;;;;;2*1H3;;;5*1H2/q5*-1;+2;;;2*+1;;;;;/p+1. The molecule has 20 heavy (non-hydrogen) atoms. The van der Waals surface area contributed by atoms with Crippen molar-refractivity contribution in [3.63, 3.8) is 0 Å². The predicted octanol–water partition coefficient (Wildman–Crippen LogP) is -9.10. The molecule has 0 aliphatic carbocycles. The summed E-state index contributed by atoms with van der Waals surface area (Å²) in [5.41, 5.74) is 0. The van der Waals surface area contributed by atoms with Crippen LogP contribution >= 0.6 is 0 Å². The van der Waals surface area contributed by atoms with E-state index in [4.69, 9.17) is 59.2 Å². The van der Waals surface area contributed by atoms with E-state index in [0.29, 0.717) is 0 Å². The van der Waals surface area contributed by atoms with Gasteiger partial charge in [-0.2, -0.15) is 0 Å². The minimum absolute atomic E-state index is 0. The second kappa shape index (κ2) is 60700. The first-order chi connectivity index (χ1) is 5.00. The summed E-state index contributed by atoms with van der Waals surface area (Å²) in [6, 6.07) is 0. The zero-order valence-corrected chi connectivity index (χ0v) is 16.4. The smallest absolute Gasteiger partial charge is 0.512 e. The molecule has 0 amide bonds. The summed E-state index contributed by atoms with van der Waals surface area (Å²) < 4.78 is 0. The molecule has 0 aromatic carbocycles. The minimum atomic E-state index is 0. The Morgan fingerprint density at radius 1 is 0.400 bits per heavy atom. The normalized spacial score (nSPS) is 0.500. The van der Waals surface area contributed by atoms with Crippen molar-refractivity contribution in [3.05, 3.63) is 32.9 Å². The fourth-order valence-electron chi connectivity index (χ4n) is 0. The molecule has 0 unspecified atom stereocenters. The number of hydrogen-bond acceptors (Lipinski definition) is 6. The topological polar surface area (TPSA) is 348 Å². The summed E-state index contributed by atoms with van der Waals surface area (Å²) in [6.07, 6.45) is 0. The van der Waals surface area contributed by atoms with E-state index in [1.807, 2.05) is 0 Å². The van der Waals surface area contributed by atoms with Crippen molar-refractivity contribution in [1.29, 1.82) is 26.3 Å². The van der Waals surface area contributed by atoms with Crippen molar-refractivity contribution in [2.24, 2.45) is 0 Å². The van der Waals surface area contributed by atoms with Crippen LogP contribution in [0.15, 0.2) is 0 Å². The Morgan fingerprint density at radius 2 is 0.400 bits per heavy atom. The maximum Gasteiger partial charge on any atom is 2.00 e. The third-order valence-electron chi connectivity index (χ3n) is 0. The van der Waals surface area contributed by atoms with Gasteiger partial charge in [0.25, 0.3) is 0 Å². The average Bonchev–Trinajstić information content (AvgIpc) is 2.20. The molecule has 112 valence electrons. The molecule has 0 saturated carbocycles. The molecule has 0 aromatic heterocycles. The van der Waals surface area contributed by atoms with Gasteiger partial charge >= 0.3 is 76.2 Å². The molecule has 0 saturated heterocycles. The van der Waals surface area contributed by atoms with Crippen LogP contribution in [0, 0.1) is 59.2 Å². The summed E-state index contributed by atoms with van der Waals surface area (Å²) in [7, 11) is 0. The van der Waals surface area contributed by atoms with E-state index < -0.39 is 0 Å². The van der Waals surface area contributed by atoms with E-state index in [9.17, 15) is 0 Å². The Kier molecular flexibility index (Phi) is 948000. The quantitative estimate of drug-likeness (QED) is 0.312. The number of nitrogens with zero attached hydrogens (tertiary/aromatic N) is 5. The second-order valence-corrected chi connectivity index (χ2v) is 0. The van der Waals surface area contributed by atoms with Crippen molar-refractivity contribution in [2.75, 3.05) is 0 Å². The largest absolute Gasteiger partial charge is 2.00 e. The van der Waals surface area contributed by atoms with Crippen LogP contribution in [0.5, 0.6) is 0 Å². The van der Waals surface area contributed by atoms with Gasteiger partial charge in [0, 0.05) is 0 Å². The van der Waals surface area contributed by atoms with Crippen LogP contribution in [-0.2, 0) is 17.1 Å². The van der Waals surface area contributed by atoms with Crippen molar-refractivity contribution in [3.8, 4) is 0 Å². The summed E-state index contributed by atoms with van der Waals surface area (Å²) in [5.74, 6) is 0. The van der Waals surface area contributed by atoms with Crippen LogP contribution in [0.1, 0.15) is 0 Å². The summed E-state index contributed by atoms with van der Waals surface area (Å²) in [4.78, 5) is 0. The number of hydrogen-bond donors (Lipinski definition) is 2. The van der Waals surface area contributed by atoms with Crippen molar-refractivity contribution in [1.82, 2.24) is 12.3 Å². The number of rotatable bonds is 0. The summed E-state index contributed by atoms with van der Waals surface area (Å²) in [6.45, 7) is 23.8. The van der Waals surface area contributed by atoms with Gasteiger partial charge in [-0.1, -0.05) is 0 Å². The first-order valence-corrected chi connectivity index (χ1v) is 1.12. The first-order valence-electron chi connectivity index (χ1n) is 1.12. The zero-order valence-electron chi connectivity index (χ0n) is 11.3. The maximum atomic E-state index is 6.25. The van der Waals surface area contributed by atoms with Gasteiger partial charge in [0.1, 0.15) is 0 Å². The molecule has 0 rings (SSSR count). The minimum Gasteiger partial charge on any atom is -0.512 e. The van der Waals surface area contributed by atoms with Crippen molar-refractivity contribution < 1.29 is 104 Å². The van der Waals surface area contributed by atoms with Gasteiger partial charge in [-0.25, -0.2) is 0 Å². The van der Waals surface area contributed by atoms with Crippen LogP contribution < -0.4 is 71.4 Å². The number of quaternary nitrogens is 1. The average molecular weight is 357 g/mol. The van der Waals surface area contributed by atoms with E-state index in [-0.39, 0.29) is 116 Å². The van der Waals surface area contributed by atoms with Crippen LogP contribution in [-0.4, -0.2) is 27.4 Å². The molecule has 0 fully saturated rings. The Balaban J connectivity index is -0.00000000107.